The van der Waals surface area contributed by atoms with Crippen molar-refractivity contribution in [1.29, 1.82) is 0 Å². The first kappa shape index (κ1) is 21.8. The lowest BCUT2D eigenvalue weighted by molar-refractivity contribution is -0.117. The van der Waals surface area contributed by atoms with E-state index in [1.807, 2.05) is 24.0 Å². The van der Waals surface area contributed by atoms with Gasteiger partial charge in [0.05, 0.1) is 11.4 Å². The molecule has 29 heavy (non-hydrogen) atoms. The first-order valence-electron chi connectivity index (χ1n) is 8.90. The maximum atomic E-state index is 13.4. The minimum Gasteiger partial charge on any atom is -0.325 e. The van der Waals surface area contributed by atoms with Crippen LogP contribution in [0.5, 0.6) is 0 Å². The summed E-state index contributed by atoms with van der Waals surface area (Å²) in [5.74, 6) is -2.49. The third-order valence-electron chi connectivity index (χ3n) is 4.67. The maximum Gasteiger partial charge on any atom is 0.243 e. The Morgan fingerprint density at radius 3 is 2.38 bits per heavy atom. The van der Waals surface area contributed by atoms with Crippen molar-refractivity contribution < 1.29 is 22.0 Å². The molecule has 1 aliphatic heterocycles. The molecule has 3 rings (SSSR count). The van der Waals surface area contributed by atoms with Gasteiger partial charge in [-0.2, -0.15) is 4.31 Å². The fourth-order valence-electron chi connectivity index (χ4n) is 3.04. The predicted molar refractivity (Wildman–Crippen MR) is 109 cm³/mol. The number of anilines is 1. The summed E-state index contributed by atoms with van der Waals surface area (Å²) in [7, 11) is -3.92. The van der Waals surface area contributed by atoms with Crippen molar-refractivity contribution >= 4 is 37.5 Å². The third-order valence-corrected chi connectivity index (χ3v) is 7.45. The van der Waals surface area contributed by atoms with E-state index in [1.165, 1.54) is 4.31 Å². The number of nitrogens with zero attached hydrogens (tertiary/aromatic N) is 2. The zero-order valence-corrected chi connectivity index (χ0v) is 18.1. The van der Waals surface area contributed by atoms with Crippen LogP contribution >= 0.6 is 15.9 Å². The van der Waals surface area contributed by atoms with E-state index in [0.717, 1.165) is 22.2 Å². The van der Waals surface area contributed by atoms with Crippen LogP contribution in [-0.4, -0.2) is 56.3 Å². The second kappa shape index (κ2) is 8.86. The highest BCUT2D eigenvalue weighted by molar-refractivity contribution is 9.10. The molecule has 0 saturated carbocycles. The van der Waals surface area contributed by atoms with Gasteiger partial charge in [0.15, 0.2) is 11.6 Å². The Labute approximate surface area is 176 Å². The molecule has 2 aromatic carbocycles. The quantitative estimate of drug-likeness (QED) is 0.703. The molecule has 1 saturated heterocycles. The van der Waals surface area contributed by atoms with Crippen molar-refractivity contribution in [3.8, 4) is 0 Å². The van der Waals surface area contributed by atoms with E-state index < -0.39 is 21.7 Å². The number of aryl methyl sites for hydroxylation is 1. The van der Waals surface area contributed by atoms with E-state index in [2.05, 4.69) is 21.2 Å². The molecule has 10 heteroatoms. The van der Waals surface area contributed by atoms with Crippen molar-refractivity contribution in [2.45, 2.75) is 11.8 Å². The van der Waals surface area contributed by atoms with Crippen LogP contribution in [-0.2, 0) is 14.8 Å². The Morgan fingerprint density at radius 2 is 1.76 bits per heavy atom. The van der Waals surface area contributed by atoms with Crippen LogP contribution in [0, 0.1) is 18.6 Å². The highest BCUT2D eigenvalue weighted by Crippen LogP contribution is 2.21. The highest BCUT2D eigenvalue weighted by Gasteiger charge is 2.29. The molecule has 0 unspecified atom stereocenters. The van der Waals surface area contributed by atoms with E-state index in [4.69, 9.17) is 0 Å². The van der Waals surface area contributed by atoms with E-state index >= 15 is 0 Å². The molecular weight excluding hydrogens is 468 g/mol. The molecule has 156 valence electrons. The average molecular weight is 488 g/mol. The lowest BCUT2D eigenvalue weighted by Crippen LogP contribution is -2.50. The average Bonchev–Trinajstić information content (AvgIpc) is 2.67. The van der Waals surface area contributed by atoms with Gasteiger partial charge in [-0.25, -0.2) is 17.2 Å². The summed E-state index contributed by atoms with van der Waals surface area (Å²) < 4.78 is 53.9. The molecule has 0 aliphatic carbocycles. The number of rotatable bonds is 5. The largest absolute Gasteiger partial charge is 0.325 e. The van der Waals surface area contributed by atoms with Crippen LogP contribution in [0.4, 0.5) is 14.5 Å². The first-order chi connectivity index (χ1) is 13.7. The molecule has 0 radical (unpaired) electrons. The fraction of sp³-hybridized carbons (Fsp3) is 0.316. The minimum absolute atomic E-state index is 0.133. The van der Waals surface area contributed by atoms with Crippen LogP contribution in [0.3, 0.4) is 0 Å². The Bertz CT molecular complexity index is 1030. The Balaban J connectivity index is 1.56. The molecule has 1 heterocycles. The molecule has 1 amide bonds. The molecule has 0 aromatic heterocycles. The summed E-state index contributed by atoms with van der Waals surface area (Å²) in [5, 5.41) is 2.83. The Kier molecular flexibility index (Phi) is 6.67. The molecule has 1 N–H and O–H groups in total. The van der Waals surface area contributed by atoms with Gasteiger partial charge in [0.25, 0.3) is 0 Å². The zero-order chi connectivity index (χ0) is 21.2. The van der Waals surface area contributed by atoms with Crippen LogP contribution in [0.2, 0.25) is 0 Å². The monoisotopic (exact) mass is 487 g/mol. The number of nitrogens with one attached hydrogen (secondary N) is 1. The van der Waals surface area contributed by atoms with Gasteiger partial charge in [0.1, 0.15) is 0 Å². The van der Waals surface area contributed by atoms with Gasteiger partial charge in [0.2, 0.25) is 15.9 Å². The predicted octanol–water partition coefficient (Wildman–Crippen LogP) is 2.98. The molecule has 1 aliphatic rings. The first-order valence-corrected chi connectivity index (χ1v) is 11.1. The summed E-state index contributed by atoms with van der Waals surface area (Å²) >= 11 is 3.41. The van der Waals surface area contributed by atoms with Gasteiger partial charge < -0.3 is 5.32 Å². The van der Waals surface area contributed by atoms with E-state index in [0.29, 0.717) is 24.8 Å². The van der Waals surface area contributed by atoms with Crippen molar-refractivity contribution in [2.24, 2.45) is 0 Å². The second-order valence-corrected chi connectivity index (χ2v) is 9.56. The Hall–Kier alpha value is -1.88. The molecular formula is C19H20BrF2N3O3S. The van der Waals surface area contributed by atoms with Crippen LogP contribution in [0.15, 0.2) is 45.8 Å². The maximum absolute atomic E-state index is 13.4. The van der Waals surface area contributed by atoms with Crippen molar-refractivity contribution in [2.75, 3.05) is 38.0 Å². The topological polar surface area (TPSA) is 69.7 Å². The Morgan fingerprint density at radius 1 is 1.07 bits per heavy atom. The smallest absolute Gasteiger partial charge is 0.243 e. The number of piperazine rings is 1. The SMILES string of the molecule is Cc1cc(NC(=O)CN2CCN(S(=O)(=O)c3ccc(F)c(F)c3)CC2)ccc1Br. The van der Waals surface area contributed by atoms with Gasteiger partial charge in [0, 0.05) is 36.3 Å². The number of carbonyl (C=O) groups is 1. The summed E-state index contributed by atoms with van der Waals surface area (Å²) in [6, 6.07) is 8.04. The van der Waals surface area contributed by atoms with Gasteiger partial charge in [-0.3, -0.25) is 9.69 Å². The number of benzene rings is 2. The lowest BCUT2D eigenvalue weighted by atomic mass is 10.2. The van der Waals surface area contributed by atoms with Gasteiger partial charge in [-0.15, -0.1) is 0 Å². The summed E-state index contributed by atoms with van der Waals surface area (Å²) in [5.41, 5.74) is 1.69. The third kappa shape index (κ3) is 5.19. The molecule has 0 bridgehead atoms. The number of hydrogen-bond acceptors (Lipinski definition) is 4. The minimum atomic E-state index is -3.92. The number of halogens is 3. The molecule has 0 atom stereocenters. The number of sulfonamides is 1. The summed E-state index contributed by atoms with van der Waals surface area (Å²) in [4.78, 5) is 13.8. The number of amides is 1. The number of carbonyl (C=O) groups excluding carboxylic acids is 1. The second-order valence-electron chi connectivity index (χ2n) is 6.77. The van der Waals surface area contributed by atoms with Gasteiger partial charge in [-0.05, 0) is 48.9 Å². The normalized spacial score (nSPS) is 16.0. The highest BCUT2D eigenvalue weighted by atomic mass is 79.9. The van der Waals surface area contributed by atoms with Crippen LogP contribution in [0.25, 0.3) is 0 Å². The van der Waals surface area contributed by atoms with Crippen molar-refractivity contribution in [3.05, 3.63) is 58.1 Å². The summed E-state index contributed by atoms with van der Waals surface area (Å²) in [6.45, 7) is 3.09. The molecule has 2 aromatic rings. The van der Waals surface area contributed by atoms with E-state index in [-0.39, 0.29) is 30.4 Å². The van der Waals surface area contributed by atoms with Crippen LogP contribution in [0.1, 0.15) is 5.56 Å². The van der Waals surface area contributed by atoms with Crippen molar-refractivity contribution in [1.82, 2.24) is 9.21 Å². The summed E-state index contributed by atoms with van der Waals surface area (Å²) in [6.07, 6.45) is 0. The lowest BCUT2D eigenvalue weighted by Gasteiger charge is -2.33. The van der Waals surface area contributed by atoms with Crippen LogP contribution < -0.4 is 5.32 Å². The van der Waals surface area contributed by atoms with E-state index in [9.17, 15) is 22.0 Å². The standard InChI is InChI=1S/C19H20BrF2N3O3S/c1-13-10-14(2-4-16(13)20)23-19(26)12-24-6-8-25(9-7-24)29(27,28)15-3-5-17(21)18(22)11-15/h2-5,10-11H,6-9,12H2,1H3,(H,23,26). The van der Waals surface area contributed by atoms with E-state index in [1.54, 1.807) is 6.07 Å². The van der Waals surface area contributed by atoms with Gasteiger partial charge >= 0.3 is 0 Å². The molecule has 6 nitrogen and oxygen atoms in total. The fourth-order valence-corrected chi connectivity index (χ4v) is 4.72. The van der Waals surface area contributed by atoms with Crippen molar-refractivity contribution in [3.63, 3.8) is 0 Å². The molecule has 0 spiro atoms. The zero-order valence-electron chi connectivity index (χ0n) is 15.7. The molecule has 1 fully saturated rings. The number of hydrogen-bond donors (Lipinski definition) is 1. The van der Waals surface area contributed by atoms with Gasteiger partial charge in [-0.1, -0.05) is 15.9 Å².